The maximum absolute atomic E-state index is 13.7. The van der Waals surface area contributed by atoms with Crippen LogP contribution in [0.4, 0.5) is 10.2 Å². The van der Waals surface area contributed by atoms with Gasteiger partial charge in [0.1, 0.15) is 12.7 Å². The number of esters is 3. The van der Waals surface area contributed by atoms with E-state index < -0.39 is 48.5 Å². The Morgan fingerprint density at radius 3 is 2.41 bits per heavy atom. The van der Waals surface area contributed by atoms with E-state index in [0.717, 1.165) is 13.8 Å². The molecule has 1 fully saturated rings. The molecule has 3 rings (SSSR count). The Balaban J connectivity index is 2.04. The van der Waals surface area contributed by atoms with Crippen LogP contribution < -0.4 is 5.73 Å². The summed E-state index contributed by atoms with van der Waals surface area (Å²) in [5.74, 6) is -2.13. The van der Waals surface area contributed by atoms with Gasteiger partial charge in [-0.25, -0.2) is 4.98 Å². The minimum Gasteiger partial charge on any atom is -0.463 e. The van der Waals surface area contributed by atoms with Crippen LogP contribution in [-0.2, 0) is 33.3 Å². The molecule has 1 aliphatic heterocycles. The van der Waals surface area contributed by atoms with Gasteiger partial charge in [-0.3, -0.25) is 19.0 Å². The summed E-state index contributed by atoms with van der Waals surface area (Å²) in [4.78, 5) is 45.5. The van der Waals surface area contributed by atoms with E-state index in [1.807, 2.05) is 0 Å². The molecule has 2 unspecified atom stereocenters. The summed E-state index contributed by atoms with van der Waals surface area (Å²) in [7, 11) is 0. The molecule has 12 nitrogen and oxygen atoms in total. The molecule has 0 spiro atoms. The van der Waals surface area contributed by atoms with Crippen LogP contribution in [0.2, 0.25) is 0 Å². The van der Waals surface area contributed by atoms with Gasteiger partial charge in [-0.05, 0) is 0 Å². The van der Waals surface area contributed by atoms with Crippen LogP contribution in [0, 0.1) is 6.08 Å². The lowest BCUT2D eigenvalue weighted by Gasteiger charge is -2.23. The monoisotopic (exact) mass is 411 g/mol. The van der Waals surface area contributed by atoms with Gasteiger partial charge < -0.3 is 24.7 Å². The molecule has 0 amide bonds. The first kappa shape index (κ1) is 20.4. The van der Waals surface area contributed by atoms with Gasteiger partial charge in [-0.2, -0.15) is 14.4 Å². The highest BCUT2D eigenvalue weighted by Crippen LogP contribution is 2.36. The number of hydrogen-bond donors (Lipinski definition) is 1. The molecule has 0 bridgehead atoms. The largest absolute Gasteiger partial charge is 0.463 e. The Kier molecular flexibility index (Phi) is 5.59. The predicted molar refractivity (Wildman–Crippen MR) is 91.3 cm³/mol. The topological polar surface area (TPSA) is 158 Å². The molecule has 2 aromatic rings. The highest BCUT2D eigenvalue weighted by atomic mass is 19.1. The van der Waals surface area contributed by atoms with Gasteiger partial charge in [0.05, 0.1) is 6.33 Å². The van der Waals surface area contributed by atoms with Crippen molar-refractivity contribution in [3.8, 4) is 0 Å². The third-order valence-electron chi connectivity index (χ3n) is 4.04. The zero-order valence-electron chi connectivity index (χ0n) is 15.7. The van der Waals surface area contributed by atoms with E-state index in [-0.39, 0.29) is 23.6 Å². The molecule has 13 heteroatoms. The van der Waals surface area contributed by atoms with Gasteiger partial charge >= 0.3 is 24.0 Å². The third-order valence-corrected chi connectivity index (χ3v) is 4.04. The van der Waals surface area contributed by atoms with Crippen molar-refractivity contribution in [1.29, 1.82) is 0 Å². The third kappa shape index (κ3) is 4.23. The van der Waals surface area contributed by atoms with Crippen molar-refractivity contribution < 1.29 is 37.7 Å². The Hall–Kier alpha value is -3.35. The number of hydrogen-bond acceptors (Lipinski definition) is 11. The molecular weight excluding hydrogens is 393 g/mol. The fourth-order valence-electron chi connectivity index (χ4n) is 3.01. The van der Waals surface area contributed by atoms with Crippen LogP contribution in [-0.4, -0.2) is 62.3 Å². The van der Waals surface area contributed by atoms with E-state index in [4.69, 9.17) is 24.7 Å². The normalized spacial score (nSPS) is 23.7. The van der Waals surface area contributed by atoms with Crippen molar-refractivity contribution in [3.05, 3.63) is 12.4 Å². The number of ether oxygens (including phenoxy) is 4. The van der Waals surface area contributed by atoms with Crippen LogP contribution in [0.1, 0.15) is 27.0 Å². The quantitative estimate of drug-likeness (QED) is 0.397. The van der Waals surface area contributed by atoms with Gasteiger partial charge in [0.2, 0.25) is 0 Å². The summed E-state index contributed by atoms with van der Waals surface area (Å²) in [5.41, 5.74) is 5.75. The van der Waals surface area contributed by atoms with Crippen molar-refractivity contribution >= 4 is 34.9 Å². The molecule has 0 aliphatic carbocycles. The van der Waals surface area contributed by atoms with Gasteiger partial charge in [-0.1, -0.05) is 0 Å². The van der Waals surface area contributed by atoms with Crippen LogP contribution in [0.25, 0.3) is 11.2 Å². The smallest absolute Gasteiger partial charge is 0.312 e. The molecule has 3 heterocycles. The summed E-state index contributed by atoms with van der Waals surface area (Å²) >= 11 is 0. The zero-order chi connectivity index (χ0) is 21.3. The van der Waals surface area contributed by atoms with Crippen LogP contribution >= 0.6 is 0 Å². The number of carbonyl (C=O) groups is 3. The van der Waals surface area contributed by atoms with Crippen molar-refractivity contribution in [2.45, 2.75) is 45.3 Å². The Labute approximate surface area is 163 Å². The molecule has 1 saturated heterocycles. The molecule has 0 saturated carbocycles. The van der Waals surface area contributed by atoms with Crippen LogP contribution in [0.15, 0.2) is 6.33 Å². The molecule has 4 atom stereocenters. The molecule has 1 aliphatic rings. The molecule has 29 heavy (non-hydrogen) atoms. The molecule has 0 radical (unpaired) electrons. The molecule has 156 valence electrons. The van der Waals surface area contributed by atoms with E-state index in [1.165, 1.54) is 17.8 Å². The Bertz CT molecular complexity index is 965. The number of nitrogens with two attached hydrogens (primary N) is 1. The second kappa shape index (κ2) is 7.95. The van der Waals surface area contributed by atoms with Gasteiger partial charge in [0, 0.05) is 20.8 Å². The highest BCUT2D eigenvalue weighted by molar-refractivity contribution is 5.81. The number of carbonyl (C=O) groups excluding carboxylic acids is 3. The van der Waals surface area contributed by atoms with Gasteiger partial charge in [-0.15, -0.1) is 0 Å². The molecular formula is C16H18FN5O7. The van der Waals surface area contributed by atoms with E-state index in [1.54, 1.807) is 0 Å². The van der Waals surface area contributed by atoms with Crippen molar-refractivity contribution in [2.75, 3.05) is 12.3 Å². The average Bonchev–Trinajstić information content (AvgIpc) is 3.15. The molecule has 0 aromatic carbocycles. The SMILES string of the molecule is CC(=O)OC[C@H]1O[C@@H](n2cnc3c(N)nc(F)nc32)C(OC(C)=O)C1OC(C)=O. The first-order valence-corrected chi connectivity index (χ1v) is 8.46. The first-order valence-electron chi connectivity index (χ1n) is 8.46. The summed E-state index contributed by atoms with van der Waals surface area (Å²) in [5, 5.41) is 0. The van der Waals surface area contributed by atoms with Crippen LogP contribution in [0.5, 0.6) is 0 Å². The average molecular weight is 411 g/mol. The van der Waals surface area contributed by atoms with E-state index in [2.05, 4.69) is 15.0 Å². The predicted octanol–water partition coefficient (Wildman–Crippen LogP) is -0.128. The Morgan fingerprint density at radius 1 is 1.14 bits per heavy atom. The maximum atomic E-state index is 13.7. The molecule has 2 aromatic heterocycles. The minimum atomic E-state index is -1.16. The van der Waals surface area contributed by atoms with Gasteiger partial charge in [0.25, 0.3) is 0 Å². The molecule has 2 N–H and O–H groups in total. The van der Waals surface area contributed by atoms with Gasteiger partial charge in [0.15, 0.2) is 35.4 Å². The number of anilines is 1. The Morgan fingerprint density at radius 2 is 1.79 bits per heavy atom. The zero-order valence-corrected chi connectivity index (χ0v) is 15.7. The minimum absolute atomic E-state index is 0.0214. The number of nitrogens with zero attached hydrogens (tertiary/aromatic N) is 4. The number of rotatable bonds is 5. The lowest BCUT2D eigenvalue weighted by molar-refractivity contribution is -0.166. The lowest BCUT2D eigenvalue weighted by Crippen LogP contribution is -2.40. The fourth-order valence-corrected chi connectivity index (χ4v) is 3.01. The number of nitrogen functional groups attached to an aromatic ring is 1. The summed E-state index contributed by atoms with van der Waals surface area (Å²) in [6.45, 7) is 3.24. The number of fused-ring (bicyclic) bond motifs is 1. The van der Waals surface area contributed by atoms with Crippen molar-refractivity contribution in [2.24, 2.45) is 0 Å². The second-order valence-corrected chi connectivity index (χ2v) is 6.22. The first-order chi connectivity index (χ1) is 13.7. The van der Waals surface area contributed by atoms with E-state index in [9.17, 15) is 18.8 Å². The van der Waals surface area contributed by atoms with E-state index >= 15 is 0 Å². The summed E-state index contributed by atoms with van der Waals surface area (Å²) in [6, 6.07) is 0. The second-order valence-electron chi connectivity index (χ2n) is 6.22. The van der Waals surface area contributed by atoms with Crippen LogP contribution in [0.3, 0.4) is 0 Å². The van der Waals surface area contributed by atoms with E-state index in [0.29, 0.717) is 0 Å². The lowest BCUT2D eigenvalue weighted by atomic mass is 10.1. The number of halogens is 1. The number of aromatic nitrogens is 4. The summed E-state index contributed by atoms with van der Waals surface area (Å²) in [6.07, 6.45) is -4.21. The summed E-state index contributed by atoms with van der Waals surface area (Å²) < 4.78 is 36.3. The number of imidazole rings is 1. The fraction of sp³-hybridized carbons (Fsp3) is 0.500. The highest BCUT2D eigenvalue weighted by Gasteiger charge is 2.51. The maximum Gasteiger partial charge on any atom is 0.312 e. The van der Waals surface area contributed by atoms with Crippen molar-refractivity contribution in [3.63, 3.8) is 0 Å². The standard InChI is InChI=1S/C16H18FN5O7/c1-6(23)26-4-9-11(27-7(2)24)12(28-8(3)25)15(29-9)22-5-19-10-13(18)20-16(17)21-14(10)22/h5,9,11-12,15H,4H2,1-3H3,(H2,18,20,21)/t9-,11?,12?,15-/m1/s1. The van der Waals surface area contributed by atoms with Crippen molar-refractivity contribution in [1.82, 2.24) is 19.5 Å².